The van der Waals surface area contributed by atoms with Gasteiger partial charge in [0, 0.05) is 25.9 Å². The Labute approximate surface area is 121 Å². The highest BCUT2D eigenvalue weighted by atomic mass is 16.6. The molecule has 0 N–H and O–H groups in total. The molecule has 1 aliphatic rings. The number of piperidine rings is 1. The number of Topliss-reactive ketones (excluding diaryl/α,β-unsaturated/α-hetero) is 1. The predicted molar refractivity (Wildman–Crippen MR) is 78.1 cm³/mol. The Hall–Kier alpha value is -1.76. The number of nitrogens with zero attached hydrogens (tertiary/aromatic N) is 1. The molecule has 0 aliphatic carbocycles. The van der Waals surface area contributed by atoms with Crippen LogP contribution in [0.3, 0.4) is 0 Å². The molecule has 1 rings (SSSR count). The van der Waals surface area contributed by atoms with Crippen LogP contribution >= 0.6 is 0 Å². The highest BCUT2D eigenvalue weighted by molar-refractivity contribution is 5.88. The van der Waals surface area contributed by atoms with Gasteiger partial charge in [0.15, 0.2) is 0 Å². The van der Waals surface area contributed by atoms with Crippen LogP contribution in [0.2, 0.25) is 0 Å². The maximum Gasteiger partial charge on any atom is 0.410 e. The molecule has 1 heterocycles. The number of ether oxygens (including phenoxy) is 1. The monoisotopic (exact) mass is 277 g/mol. The van der Waals surface area contributed by atoms with Crippen LogP contribution in [0.25, 0.3) is 0 Å². The fourth-order valence-electron chi connectivity index (χ4n) is 2.39. The number of carbonyl (C=O) groups excluding carboxylic acids is 2. The molecule has 0 aromatic carbocycles. The van der Waals surface area contributed by atoms with Gasteiger partial charge in [-0.15, -0.1) is 18.9 Å². The molecule has 20 heavy (non-hydrogen) atoms. The Morgan fingerprint density at radius 2 is 2.25 bits per heavy atom. The van der Waals surface area contributed by atoms with Gasteiger partial charge < -0.3 is 9.64 Å². The average molecular weight is 277 g/mol. The molecule has 0 unspecified atom stereocenters. The minimum absolute atomic E-state index is 0.107. The summed E-state index contributed by atoms with van der Waals surface area (Å²) in [6.45, 7) is 9.83. The SMILES string of the molecule is C#CC[C@@]1(CC=C)CN(C(=O)OC(C)(C)C)CCC1=O. The molecule has 4 heteroatoms. The van der Waals surface area contributed by atoms with Gasteiger partial charge in [-0.2, -0.15) is 0 Å². The topological polar surface area (TPSA) is 46.6 Å². The van der Waals surface area contributed by atoms with Crippen LogP contribution < -0.4 is 0 Å². The zero-order valence-corrected chi connectivity index (χ0v) is 12.6. The Morgan fingerprint density at radius 1 is 1.60 bits per heavy atom. The molecule has 0 aromatic heterocycles. The van der Waals surface area contributed by atoms with E-state index in [1.807, 2.05) is 20.8 Å². The summed E-state index contributed by atoms with van der Waals surface area (Å²) >= 11 is 0. The first kappa shape index (κ1) is 16.3. The lowest BCUT2D eigenvalue weighted by atomic mass is 9.73. The maximum absolute atomic E-state index is 12.2. The third-order valence-electron chi connectivity index (χ3n) is 3.32. The van der Waals surface area contributed by atoms with Gasteiger partial charge in [-0.1, -0.05) is 6.08 Å². The average Bonchev–Trinajstić information content (AvgIpc) is 2.31. The minimum Gasteiger partial charge on any atom is -0.444 e. The maximum atomic E-state index is 12.2. The normalized spacial score (nSPS) is 23.1. The number of allylic oxidation sites excluding steroid dienone is 1. The van der Waals surface area contributed by atoms with Crippen molar-refractivity contribution >= 4 is 11.9 Å². The lowest BCUT2D eigenvalue weighted by Gasteiger charge is -2.40. The first-order chi connectivity index (χ1) is 9.24. The summed E-state index contributed by atoms with van der Waals surface area (Å²) in [5.41, 5.74) is -1.25. The molecule has 0 aromatic rings. The standard InChI is InChI=1S/C16H23NO3/c1-6-9-16(10-7-2)12-17(11-8-13(16)18)14(19)20-15(3,4)5/h1,7H,2,8-12H2,3-5H3/t16-/m1/s1. The lowest BCUT2D eigenvalue weighted by Crippen LogP contribution is -2.52. The summed E-state index contributed by atoms with van der Waals surface area (Å²) in [7, 11) is 0. The predicted octanol–water partition coefficient (Wildman–Crippen LogP) is 2.78. The molecule has 1 fully saturated rings. The van der Waals surface area contributed by atoms with Crippen molar-refractivity contribution in [2.24, 2.45) is 5.41 Å². The van der Waals surface area contributed by atoms with Gasteiger partial charge in [0.1, 0.15) is 11.4 Å². The van der Waals surface area contributed by atoms with Gasteiger partial charge in [0.05, 0.1) is 5.41 Å². The van der Waals surface area contributed by atoms with E-state index < -0.39 is 17.1 Å². The van der Waals surface area contributed by atoms with E-state index in [1.54, 1.807) is 11.0 Å². The van der Waals surface area contributed by atoms with Crippen molar-refractivity contribution in [3.8, 4) is 12.3 Å². The molecule has 110 valence electrons. The summed E-state index contributed by atoms with van der Waals surface area (Å²) in [6.07, 6.45) is 7.80. The lowest BCUT2D eigenvalue weighted by molar-refractivity contribution is -0.133. The minimum atomic E-state index is -0.703. The highest BCUT2D eigenvalue weighted by Gasteiger charge is 2.43. The largest absolute Gasteiger partial charge is 0.444 e. The molecule has 1 saturated heterocycles. The molecule has 0 radical (unpaired) electrons. The van der Waals surface area contributed by atoms with Gasteiger partial charge in [-0.25, -0.2) is 4.79 Å². The van der Waals surface area contributed by atoms with Crippen molar-refractivity contribution < 1.29 is 14.3 Å². The third-order valence-corrected chi connectivity index (χ3v) is 3.32. The van der Waals surface area contributed by atoms with Crippen molar-refractivity contribution in [1.29, 1.82) is 0 Å². The third kappa shape index (κ3) is 3.86. The molecule has 1 atom stereocenters. The zero-order chi connectivity index (χ0) is 15.4. The molecule has 0 spiro atoms. The molecule has 0 bridgehead atoms. The molecule has 4 nitrogen and oxygen atoms in total. The van der Waals surface area contributed by atoms with Gasteiger partial charge in [0.2, 0.25) is 0 Å². The van der Waals surface area contributed by atoms with Crippen LogP contribution in [0.4, 0.5) is 4.79 Å². The van der Waals surface area contributed by atoms with Gasteiger partial charge in [0.25, 0.3) is 0 Å². The summed E-state index contributed by atoms with van der Waals surface area (Å²) in [6, 6.07) is 0. The van der Waals surface area contributed by atoms with Crippen LogP contribution in [-0.2, 0) is 9.53 Å². The molecular formula is C16H23NO3. The van der Waals surface area contributed by atoms with E-state index in [4.69, 9.17) is 11.2 Å². The Bertz CT molecular complexity index is 442. The fourth-order valence-corrected chi connectivity index (χ4v) is 2.39. The number of amides is 1. The summed E-state index contributed by atoms with van der Waals surface area (Å²) in [4.78, 5) is 25.9. The van der Waals surface area contributed by atoms with Crippen molar-refractivity contribution in [2.75, 3.05) is 13.1 Å². The van der Waals surface area contributed by atoms with Crippen LogP contribution in [-0.4, -0.2) is 35.5 Å². The Kier molecular flexibility index (Phi) is 4.99. The van der Waals surface area contributed by atoms with Crippen molar-refractivity contribution in [1.82, 2.24) is 4.90 Å². The molecule has 1 aliphatic heterocycles. The molecule has 1 amide bonds. The number of ketones is 1. The number of hydrogen-bond donors (Lipinski definition) is 0. The van der Waals surface area contributed by atoms with E-state index in [9.17, 15) is 9.59 Å². The fraction of sp³-hybridized carbons (Fsp3) is 0.625. The van der Waals surface area contributed by atoms with Gasteiger partial charge in [-0.05, 0) is 27.2 Å². The molecule has 0 saturated carbocycles. The summed E-state index contributed by atoms with van der Waals surface area (Å²) in [5, 5.41) is 0. The zero-order valence-electron chi connectivity index (χ0n) is 12.6. The first-order valence-corrected chi connectivity index (χ1v) is 6.80. The van der Waals surface area contributed by atoms with Crippen molar-refractivity contribution in [3.05, 3.63) is 12.7 Å². The second-order valence-corrected chi connectivity index (χ2v) is 6.23. The van der Waals surface area contributed by atoms with E-state index in [2.05, 4.69) is 12.5 Å². The smallest absolute Gasteiger partial charge is 0.410 e. The second kappa shape index (κ2) is 6.13. The van der Waals surface area contributed by atoms with Gasteiger partial charge >= 0.3 is 6.09 Å². The number of hydrogen-bond acceptors (Lipinski definition) is 3. The summed E-state index contributed by atoms with van der Waals surface area (Å²) < 4.78 is 5.36. The quantitative estimate of drug-likeness (QED) is 0.588. The molecular weight excluding hydrogens is 254 g/mol. The number of likely N-dealkylation sites (tertiary alicyclic amines) is 1. The number of terminal acetylenes is 1. The van der Waals surface area contributed by atoms with E-state index >= 15 is 0 Å². The van der Waals surface area contributed by atoms with E-state index in [0.29, 0.717) is 32.4 Å². The van der Waals surface area contributed by atoms with Crippen LogP contribution in [0.1, 0.15) is 40.0 Å². The summed E-state index contributed by atoms with van der Waals surface area (Å²) in [5.74, 6) is 2.66. The van der Waals surface area contributed by atoms with E-state index in [1.165, 1.54) is 0 Å². The van der Waals surface area contributed by atoms with E-state index in [-0.39, 0.29) is 5.78 Å². The van der Waals surface area contributed by atoms with Crippen LogP contribution in [0.15, 0.2) is 12.7 Å². The second-order valence-electron chi connectivity index (χ2n) is 6.23. The van der Waals surface area contributed by atoms with Crippen LogP contribution in [0, 0.1) is 17.8 Å². The highest BCUT2D eigenvalue weighted by Crippen LogP contribution is 2.34. The first-order valence-electron chi connectivity index (χ1n) is 6.80. The van der Waals surface area contributed by atoms with E-state index in [0.717, 1.165) is 0 Å². The van der Waals surface area contributed by atoms with Gasteiger partial charge in [-0.3, -0.25) is 4.79 Å². The van der Waals surface area contributed by atoms with Crippen molar-refractivity contribution in [2.45, 2.75) is 45.6 Å². The Morgan fingerprint density at radius 3 is 2.75 bits per heavy atom. The van der Waals surface area contributed by atoms with Crippen LogP contribution in [0.5, 0.6) is 0 Å². The van der Waals surface area contributed by atoms with Crippen molar-refractivity contribution in [3.63, 3.8) is 0 Å². The Balaban J connectivity index is 2.89. The number of carbonyl (C=O) groups is 2. The number of rotatable bonds is 3.